The Kier molecular flexibility index (Phi) is 6.45. The quantitative estimate of drug-likeness (QED) is 0.298. The largest absolute Gasteiger partial charge is 1.00 e. The van der Waals surface area contributed by atoms with Crippen molar-refractivity contribution in [2.24, 2.45) is 0 Å². The van der Waals surface area contributed by atoms with Crippen molar-refractivity contribution < 1.29 is 37.7 Å². The second-order valence-electron chi connectivity index (χ2n) is 7.95. The minimum atomic E-state index is -0.234. The number of carbonyl (C=O) groups excluding carboxylic acids is 1. The lowest BCUT2D eigenvalue weighted by atomic mass is 10.0. The lowest BCUT2D eigenvalue weighted by molar-refractivity contribution is -0.696. The molecule has 3 heterocycles. The molecule has 1 aliphatic heterocycles. The molecule has 1 fully saturated rings. The van der Waals surface area contributed by atoms with Gasteiger partial charge in [-0.3, -0.25) is 0 Å². The molecule has 0 atom stereocenters. The molecule has 1 saturated heterocycles. The Bertz CT molecular complexity index is 1250. The number of fused-ring (bicyclic) bond motifs is 1. The van der Waals surface area contributed by atoms with Gasteiger partial charge < -0.3 is 38.8 Å². The highest BCUT2D eigenvalue weighted by Crippen LogP contribution is 2.33. The van der Waals surface area contributed by atoms with Crippen molar-refractivity contribution in [3.8, 4) is 16.8 Å². The Balaban J connectivity index is 0.00000245. The molecule has 0 aliphatic carbocycles. The first kappa shape index (κ1) is 22.3. The highest BCUT2D eigenvalue weighted by molar-refractivity contribution is 5.97. The van der Waals surface area contributed by atoms with Crippen molar-refractivity contribution in [1.29, 1.82) is 0 Å². The van der Waals surface area contributed by atoms with Gasteiger partial charge in [-0.2, -0.15) is 0 Å². The number of rotatable bonds is 5. The fourth-order valence-corrected chi connectivity index (χ4v) is 4.14. The molecule has 0 bridgehead atoms. The molecule has 2 aromatic carbocycles. The molecule has 0 spiro atoms. The van der Waals surface area contributed by atoms with Crippen LogP contribution in [-0.2, 0) is 6.54 Å². The first-order chi connectivity index (χ1) is 15.1. The summed E-state index contributed by atoms with van der Waals surface area (Å²) in [4.78, 5) is 13.5. The standard InChI is InChI=1S/C25H23FN4O.HI/c1-18-2-7-24-22(16-18)23(19-3-5-20(26)6-4-19)17-30(24)21-8-11-28(12-9-21)14-15-29-13-10-27-25(29)31;/h2-9,11-12,16-17H,10,13-15H2,1H3;1H. The van der Waals surface area contributed by atoms with E-state index in [0.717, 1.165) is 47.4 Å². The van der Waals surface area contributed by atoms with Crippen molar-refractivity contribution in [1.82, 2.24) is 14.8 Å². The molecule has 1 aliphatic rings. The third-order valence-electron chi connectivity index (χ3n) is 5.84. The van der Waals surface area contributed by atoms with Gasteiger partial charge in [0.05, 0.1) is 17.7 Å². The fraction of sp³-hybridized carbons (Fsp3) is 0.200. The number of aryl methyl sites for hydroxylation is 1. The second-order valence-corrected chi connectivity index (χ2v) is 7.95. The SMILES string of the molecule is Cc1ccc2c(c1)c(-c1ccc(F)cc1)cn2-c1cc[n+](CCN2CCNC2=O)cc1.[I-]. The van der Waals surface area contributed by atoms with Gasteiger partial charge in [0, 0.05) is 42.4 Å². The number of nitrogens with zero attached hydrogens (tertiary/aromatic N) is 3. The molecule has 0 saturated carbocycles. The van der Waals surface area contributed by atoms with E-state index in [0.29, 0.717) is 6.54 Å². The van der Waals surface area contributed by atoms with Crippen LogP contribution in [0.2, 0.25) is 0 Å². The highest BCUT2D eigenvalue weighted by atomic mass is 127. The van der Waals surface area contributed by atoms with E-state index in [1.165, 1.54) is 17.7 Å². The molecular weight excluding hydrogens is 518 g/mol. The maximum absolute atomic E-state index is 13.4. The zero-order valence-electron chi connectivity index (χ0n) is 17.8. The first-order valence-electron chi connectivity index (χ1n) is 10.5. The van der Waals surface area contributed by atoms with E-state index >= 15 is 0 Å². The Morgan fingerprint density at radius 1 is 1.06 bits per heavy atom. The average Bonchev–Trinajstić information content (AvgIpc) is 3.36. The van der Waals surface area contributed by atoms with E-state index in [1.54, 1.807) is 0 Å². The maximum Gasteiger partial charge on any atom is 0.317 e. The number of hydrogen-bond donors (Lipinski definition) is 1. The maximum atomic E-state index is 13.4. The Morgan fingerprint density at radius 2 is 1.81 bits per heavy atom. The summed E-state index contributed by atoms with van der Waals surface area (Å²) in [5, 5.41) is 3.97. The number of carbonyl (C=O) groups is 1. The van der Waals surface area contributed by atoms with E-state index in [4.69, 9.17) is 0 Å². The predicted molar refractivity (Wildman–Crippen MR) is 119 cm³/mol. The third kappa shape index (κ3) is 4.34. The minimum Gasteiger partial charge on any atom is -1.00 e. The van der Waals surface area contributed by atoms with E-state index in [2.05, 4.69) is 57.9 Å². The number of pyridine rings is 1. The van der Waals surface area contributed by atoms with Crippen molar-refractivity contribution in [2.45, 2.75) is 13.5 Å². The summed E-state index contributed by atoms with van der Waals surface area (Å²) in [7, 11) is 0. The van der Waals surface area contributed by atoms with Crippen molar-refractivity contribution in [2.75, 3.05) is 19.6 Å². The van der Waals surface area contributed by atoms with Gasteiger partial charge in [-0.15, -0.1) is 0 Å². The third-order valence-corrected chi connectivity index (χ3v) is 5.84. The molecule has 5 rings (SSSR count). The number of halogens is 2. The topological polar surface area (TPSA) is 41.1 Å². The van der Waals surface area contributed by atoms with Crippen LogP contribution in [0.15, 0.2) is 73.2 Å². The van der Waals surface area contributed by atoms with Crippen LogP contribution in [0.25, 0.3) is 27.7 Å². The fourth-order valence-electron chi connectivity index (χ4n) is 4.14. The number of hydrogen-bond acceptors (Lipinski definition) is 1. The van der Waals surface area contributed by atoms with Gasteiger partial charge in [-0.25, -0.2) is 13.8 Å². The van der Waals surface area contributed by atoms with Crippen molar-refractivity contribution in [3.05, 3.63) is 84.6 Å². The molecule has 1 N–H and O–H groups in total. The smallest absolute Gasteiger partial charge is 0.317 e. The molecule has 7 heteroatoms. The van der Waals surface area contributed by atoms with E-state index in [9.17, 15) is 9.18 Å². The number of urea groups is 1. The zero-order chi connectivity index (χ0) is 21.4. The highest BCUT2D eigenvalue weighted by Gasteiger charge is 2.20. The summed E-state index contributed by atoms with van der Waals surface area (Å²) in [6.45, 7) is 5.01. The van der Waals surface area contributed by atoms with E-state index in [1.807, 2.05) is 29.4 Å². The molecule has 2 aromatic heterocycles. The average molecular weight is 542 g/mol. The number of amides is 2. The van der Waals surface area contributed by atoms with Gasteiger partial charge in [-0.1, -0.05) is 23.8 Å². The summed E-state index contributed by atoms with van der Waals surface area (Å²) in [6.07, 6.45) is 6.20. The zero-order valence-corrected chi connectivity index (χ0v) is 19.9. The molecule has 0 unspecified atom stereocenters. The van der Waals surface area contributed by atoms with Crippen LogP contribution in [0.3, 0.4) is 0 Å². The van der Waals surface area contributed by atoms with Gasteiger partial charge in [-0.05, 0) is 36.8 Å². The van der Waals surface area contributed by atoms with Crippen LogP contribution < -0.4 is 33.9 Å². The lowest BCUT2D eigenvalue weighted by Gasteiger charge is -2.11. The van der Waals surface area contributed by atoms with Gasteiger partial charge in [0.25, 0.3) is 0 Å². The number of benzene rings is 2. The first-order valence-corrected chi connectivity index (χ1v) is 10.5. The van der Waals surface area contributed by atoms with Gasteiger partial charge in [0.1, 0.15) is 5.82 Å². The normalized spacial score (nSPS) is 13.3. The molecule has 164 valence electrons. The molecule has 32 heavy (non-hydrogen) atoms. The molecule has 4 aromatic rings. The van der Waals surface area contributed by atoms with Crippen LogP contribution in [0.5, 0.6) is 0 Å². The Hall–Kier alpha value is -2.94. The van der Waals surface area contributed by atoms with E-state index in [-0.39, 0.29) is 35.8 Å². The minimum absolute atomic E-state index is 0. The Morgan fingerprint density at radius 3 is 2.50 bits per heavy atom. The van der Waals surface area contributed by atoms with Crippen LogP contribution in [0, 0.1) is 12.7 Å². The van der Waals surface area contributed by atoms with E-state index < -0.39 is 0 Å². The molecular formula is C25H24FIN4O. The summed E-state index contributed by atoms with van der Waals surface area (Å²) < 4.78 is 17.7. The van der Waals surface area contributed by atoms with Crippen LogP contribution in [0.1, 0.15) is 5.56 Å². The van der Waals surface area contributed by atoms with Crippen LogP contribution in [-0.4, -0.2) is 35.1 Å². The summed E-state index contributed by atoms with van der Waals surface area (Å²) in [5.74, 6) is -0.234. The van der Waals surface area contributed by atoms with Crippen molar-refractivity contribution in [3.63, 3.8) is 0 Å². The van der Waals surface area contributed by atoms with Crippen LogP contribution in [0.4, 0.5) is 9.18 Å². The van der Waals surface area contributed by atoms with Gasteiger partial charge in [0.15, 0.2) is 18.9 Å². The molecule has 5 nitrogen and oxygen atoms in total. The summed E-state index contributed by atoms with van der Waals surface area (Å²) in [6, 6.07) is 17.2. The molecule has 0 radical (unpaired) electrons. The molecule has 2 amide bonds. The second kappa shape index (κ2) is 9.28. The summed E-state index contributed by atoms with van der Waals surface area (Å²) >= 11 is 0. The van der Waals surface area contributed by atoms with Crippen molar-refractivity contribution >= 4 is 16.9 Å². The van der Waals surface area contributed by atoms with Crippen LogP contribution >= 0.6 is 0 Å². The predicted octanol–water partition coefficient (Wildman–Crippen LogP) is 1.06. The Labute approximate surface area is 203 Å². The number of nitrogens with one attached hydrogen (secondary N) is 1. The lowest BCUT2D eigenvalue weighted by Crippen LogP contribution is -3.00. The van der Waals surface area contributed by atoms with Gasteiger partial charge >= 0.3 is 6.03 Å². The number of aromatic nitrogens is 2. The van der Waals surface area contributed by atoms with Gasteiger partial charge in [0.2, 0.25) is 0 Å². The monoisotopic (exact) mass is 542 g/mol. The summed E-state index contributed by atoms with van der Waals surface area (Å²) in [5.41, 5.74) is 5.42.